The number of nitrogens with zero attached hydrogens (tertiary/aromatic N) is 1. The zero-order valence-corrected chi connectivity index (χ0v) is 11.4. The Morgan fingerprint density at radius 3 is 2.55 bits per heavy atom. The number of hydrogen-bond donors (Lipinski definition) is 2. The Kier molecular flexibility index (Phi) is 3.50. The smallest absolute Gasteiger partial charge is 0.125 e. The number of aromatic amines is 1. The first-order chi connectivity index (χ1) is 9.83. The van der Waals surface area contributed by atoms with E-state index in [4.69, 9.17) is 0 Å². The highest BCUT2D eigenvalue weighted by Gasteiger charge is 2.05. The molecule has 0 amide bonds. The van der Waals surface area contributed by atoms with Crippen molar-refractivity contribution in [3.8, 4) is 11.3 Å². The number of aromatic nitrogens is 2. The molecule has 1 aromatic heterocycles. The second-order valence-electron chi connectivity index (χ2n) is 4.78. The van der Waals surface area contributed by atoms with E-state index in [0.29, 0.717) is 6.54 Å². The summed E-state index contributed by atoms with van der Waals surface area (Å²) in [5.41, 5.74) is 4.61. The zero-order chi connectivity index (χ0) is 13.8. The Balaban J connectivity index is 1.73. The van der Waals surface area contributed by atoms with Gasteiger partial charge in [0, 0.05) is 11.3 Å². The lowest BCUT2D eigenvalue weighted by Crippen LogP contribution is -2.00. The van der Waals surface area contributed by atoms with Crippen molar-refractivity contribution < 1.29 is 0 Å². The van der Waals surface area contributed by atoms with Gasteiger partial charge in [0.1, 0.15) is 5.82 Å². The number of nitrogens with one attached hydrogen (secondary N) is 2. The van der Waals surface area contributed by atoms with E-state index in [1.54, 1.807) is 0 Å². The lowest BCUT2D eigenvalue weighted by Gasteiger charge is -2.04. The molecule has 0 bridgehead atoms. The fraction of sp³-hybridized carbons (Fsp3) is 0.118. The lowest BCUT2D eigenvalue weighted by atomic mass is 10.1. The summed E-state index contributed by atoms with van der Waals surface area (Å²) in [5, 5.41) is 3.35. The number of benzene rings is 2. The van der Waals surface area contributed by atoms with E-state index in [9.17, 15) is 0 Å². The zero-order valence-electron chi connectivity index (χ0n) is 11.4. The number of H-pyrrole nitrogens is 1. The highest BCUT2D eigenvalue weighted by Crippen LogP contribution is 2.21. The summed E-state index contributed by atoms with van der Waals surface area (Å²) in [6.45, 7) is 2.80. The van der Waals surface area contributed by atoms with Crippen LogP contribution >= 0.6 is 0 Å². The first kappa shape index (κ1) is 12.5. The number of para-hydroxylation sites is 1. The van der Waals surface area contributed by atoms with Crippen LogP contribution in [-0.4, -0.2) is 9.97 Å². The van der Waals surface area contributed by atoms with Gasteiger partial charge in [0.15, 0.2) is 0 Å². The molecule has 100 valence electrons. The number of rotatable bonds is 4. The van der Waals surface area contributed by atoms with Gasteiger partial charge < -0.3 is 10.3 Å². The third-order valence-corrected chi connectivity index (χ3v) is 3.30. The Bertz CT molecular complexity index is 686. The standard InChI is InChI=1S/C17H17N3/c1-13-7-5-6-10-15(13)16-11-19-17(20-16)12-18-14-8-3-2-4-9-14/h2-11,18H,12H2,1H3,(H,19,20). The second kappa shape index (κ2) is 5.61. The van der Waals surface area contributed by atoms with Crippen LogP contribution in [0.3, 0.4) is 0 Å². The van der Waals surface area contributed by atoms with Crippen molar-refractivity contribution in [2.45, 2.75) is 13.5 Å². The van der Waals surface area contributed by atoms with Crippen LogP contribution in [0.4, 0.5) is 5.69 Å². The fourth-order valence-electron chi connectivity index (χ4n) is 2.21. The maximum Gasteiger partial charge on any atom is 0.125 e. The third-order valence-electron chi connectivity index (χ3n) is 3.30. The molecule has 0 spiro atoms. The Labute approximate surface area is 118 Å². The summed E-state index contributed by atoms with van der Waals surface area (Å²) < 4.78 is 0. The minimum Gasteiger partial charge on any atom is -0.378 e. The number of hydrogen-bond acceptors (Lipinski definition) is 2. The molecule has 0 aliphatic carbocycles. The summed E-state index contributed by atoms with van der Waals surface area (Å²) in [7, 11) is 0. The minimum atomic E-state index is 0.690. The normalized spacial score (nSPS) is 10.4. The number of anilines is 1. The Hall–Kier alpha value is -2.55. The van der Waals surface area contributed by atoms with Gasteiger partial charge in [0.05, 0.1) is 18.4 Å². The third kappa shape index (κ3) is 2.72. The van der Waals surface area contributed by atoms with Crippen LogP contribution in [0.5, 0.6) is 0 Å². The lowest BCUT2D eigenvalue weighted by molar-refractivity contribution is 1.00. The van der Waals surface area contributed by atoms with Crippen LogP contribution in [-0.2, 0) is 6.54 Å². The maximum atomic E-state index is 4.43. The molecular formula is C17H17N3. The summed E-state index contributed by atoms with van der Waals surface area (Å²) in [6.07, 6.45) is 1.89. The topological polar surface area (TPSA) is 40.7 Å². The minimum absolute atomic E-state index is 0.690. The molecule has 2 aromatic carbocycles. The molecule has 2 N–H and O–H groups in total. The highest BCUT2D eigenvalue weighted by molar-refractivity contribution is 5.62. The molecule has 0 radical (unpaired) electrons. The van der Waals surface area contributed by atoms with Gasteiger partial charge in [-0.25, -0.2) is 4.98 Å². The van der Waals surface area contributed by atoms with Crippen LogP contribution in [0.2, 0.25) is 0 Å². The van der Waals surface area contributed by atoms with Gasteiger partial charge in [-0.05, 0) is 24.6 Å². The molecule has 0 aliphatic rings. The van der Waals surface area contributed by atoms with Crippen molar-refractivity contribution in [3.05, 3.63) is 72.2 Å². The van der Waals surface area contributed by atoms with E-state index < -0.39 is 0 Å². The largest absolute Gasteiger partial charge is 0.378 e. The van der Waals surface area contributed by atoms with E-state index in [1.165, 1.54) is 11.1 Å². The van der Waals surface area contributed by atoms with E-state index in [0.717, 1.165) is 17.2 Å². The van der Waals surface area contributed by atoms with Gasteiger partial charge in [-0.2, -0.15) is 0 Å². The van der Waals surface area contributed by atoms with Crippen molar-refractivity contribution in [2.75, 3.05) is 5.32 Å². The molecule has 0 fully saturated rings. The van der Waals surface area contributed by atoms with Crippen molar-refractivity contribution in [1.82, 2.24) is 9.97 Å². The summed E-state index contributed by atoms with van der Waals surface area (Å²) in [5.74, 6) is 0.937. The summed E-state index contributed by atoms with van der Waals surface area (Å²) in [6, 6.07) is 18.4. The average Bonchev–Trinajstić information content (AvgIpc) is 2.95. The number of aryl methyl sites for hydroxylation is 1. The molecule has 0 aliphatic heterocycles. The predicted molar refractivity (Wildman–Crippen MR) is 82.5 cm³/mol. The van der Waals surface area contributed by atoms with Crippen LogP contribution in [0.1, 0.15) is 11.4 Å². The van der Waals surface area contributed by atoms with E-state index in [-0.39, 0.29) is 0 Å². The van der Waals surface area contributed by atoms with E-state index >= 15 is 0 Å². The van der Waals surface area contributed by atoms with Gasteiger partial charge in [-0.1, -0.05) is 42.5 Å². The molecule has 0 atom stereocenters. The monoisotopic (exact) mass is 263 g/mol. The van der Waals surface area contributed by atoms with Crippen LogP contribution in [0.15, 0.2) is 60.8 Å². The first-order valence-electron chi connectivity index (χ1n) is 6.72. The SMILES string of the molecule is Cc1ccccc1-c1cnc(CNc2ccccc2)[nH]1. The molecular weight excluding hydrogens is 246 g/mol. The Morgan fingerprint density at radius 2 is 1.75 bits per heavy atom. The second-order valence-corrected chi connectivity index (χ2v) is 4.78. The average molecular weight is 263 g/mol. The summed E-state index contributed by atoms with van der Waals surface area (Å²) in [4.78, 5) is 7.80. The van der Waals surface area contributed by atoms with Crippen LogP contribution in [0.25, 0.3) is 11.3 Å². The van der Waals surface area contributed by atoms with Crippen molar-refractivity contribution in [1.29, 1.82) is 0 Å². The molecule has 1 heterocycles. The van der Waals surface area contributed by atoms with Gasteiger partial charge in [0.2, 0.25) is 0 Å². The van der Waals surface area contributed by atoms with Crippen molar-refractivity contribution >= 4 is 5.69 Å². The van der Waals surface area contributed by atoms with Crippen molar-refractivity contribution in [3.63, 3.8) is 0 Å². The molecule has 0 saturated carbocycles. The van der Waals surface area contributed by atoms with Crippen LogP contribution < -0.4 is 5.32 Å². The maximum absolute atomic E-state index is 4.43. The molecule has 3 nitrogen and oxygen atoms in total. The molecule has 20 heavy (non-hydrogen) atoms. The van der Waals surface area contributed by atoms with Crippen LogP contribution in [0, 0.1) is 6.92 Å². The molecule has 3 aromatic rings. The fourth-order valence-corrected chi connectivity index (χ4v) is 2.21. The summed E-state index contributed by atoms with van der Waals surface area (Å²) >= 11 is 0. The van der Waals surface area contributed by atoms with Gasteiger partial charge in [-0.3, -0.25) is 0 Å². The van der Waals surface area contributed by atoms with Gasteiger partial charge >= 0.3 is 0 Å². The van der Waals surface area contributed by atoms with Gasteiger partial charge in [0.25, 0.3) is 0 Å². The quantitative estimate of drug-likeness (QED) is 0.747. The molecule has 3 rings (SSSR count). The van der Waals surface area contributed by atoms with E-state index in [1.807, 2.05) is 48.7 Å². The molecule has 0 unspecified atom stereocenters. The highest BCUT2D eigenvalue weighted by atomic mass is 15.0. The predicted octanol–water partition coefficient (Wildman–Crippen LogP) is 4.00. The first-order valence-corrected chi connectivity index (χ1v) is 6.72. The van der Waals surface area contributed by atoms with Crippen molar-refractivity contribution in [2.24, 2.45) is 0 Å². The molecule has 3 heteroatoms. The van der Waals surface area contributed by atoms with E-state index in [2.05, 4.69) is 34.3 Å². The molecule has 0 saturated heterocycles. The van der Waals surface area contributed by atoms with Gasteiger partial charge in [-0.15, -0.1) is 0 Å². The Morgan fingerprint density at radius 1 is 1.00 bits per heavy atom. The number of imidazole rings is 1.